The van der Waals surface area contributed by atoms with Crippen LogP contribution in [0.5, 0.6) is 0 Å². The molecule has 1 saturated heterocycles. The van der Waals surface area contributed by atoms with Crippen molar-refractivity contribution in [3.8, 4) is 0 Å². The van der Waals surface area contributed by atoms with Crippen LogP contribution in [-0.2, 0) is 4.74 Å². The summed E-state index contributed by atoms with van der Waals surface area (Å²) in [6.45, 7) is 4.97. The summed E-state index contributed by atoms with van der Waals surface area (Å²) in [5.74, 6) is 0.478. The highest BCUT2D eigenvalue weighted by Crippen LogP contribution is 2.23. The third-order valence-corrected chi connectivity index (χ3v) is 3.15. The zero-order chi connectivity index (χ0) is 12.5. The Morgan fingerprint density at radius 3 is 3.28 bits per heavy atom. The summed E-state index contributed by atoms with van der Waals surface area (Å²) in [4.78, 5) is 8.31. The number of nitrogens with two attached hydrogens (primary N) is 1. The fourth-order valence-corrected chi connectivity index (χ4v) is 2.27. The predicted molar refractivity (Wildman–Crippen MR) is 67.2 cm³/mol. The maximum atomic E-state index is 5.88. The van der Waals surface area contributed by atoms with Gasteiger partial charge in [0.15, 0.2) is 5.65 Å². The molecule has 0 spiro atoms. The molecular formula is C11H16N6O. The van der Waals surface area contributed by atoms with Crippen molar-refractivity contribution in [3.05, 3.63) is 12.0 Å². The number of ether oxygens (including phenoxy) is 1. The zero-order valence-electron chi connectivity index (χ0n) is 10.3. The maximum absolute atomic E-state index is 5.88. The van der Waals surface area contributed by atoms with Crippen LogP contribution in [0, 0.1) is 6.92 Å². The van der Waals surface area contributed by atoms with Gasteiger partial charge in [-0.05, 0) is 6.92 Å². The fraction of sp³-hybridized carbons (Fsp3) is 0.545. The number of aromatic nitrogens is 4. The number of anilines is 1. The summed E-state index contributed by atoms with van der Waals surface area (Å²) >= 11 is 0. The summed E-state index contributed by atoms with van der Waals surface area (Å²) < 4.78 is 7.44. The average Bonchev–Trinajstić information content (AvgIpc) is 2.56. The molecule has 0 saturated carbocycles. The third-order valence-electron chi connectivity index (χ3n) is 3.15. The van der Waals surface area contributed by atoms with Crippen molar-refractivity contribution in [2.24, 2.45) is 0 Å². The van der Waals surface area contributed by atoms with Gasteiger partial charge in [0, 0.05) is 13.1 Å². The second-order valence-corrected chi connectivity index (χ2v) is 4.42. The van der Waals surface area contributed by atoms with Gasteiger partial charge in [-0.3, -0.25) is 0 Å². The van der Waals surface area contributed by atoms with Gasteiger partial charge in [-0.25, -0.2) is 14.6 Å². The molecule has 7 heteroatoms. The van der Waals surface area contributed by atoms with E-state index in [2.05, 4.69) is 20.4 Å². The first-order valence-corrected chi connectivity index (χ1v) is 6.01. The molecule has 0 amide bonds. The number of hydrogen-bond acceptors (Lipinski definition) is 6. The maximum Gasteiger partial charge on any atom is 0.163 e. The van der Waals surface area contributed by atoms with Crippen LogP contribution in [0.1, 0.15) is 11.7 Å². The van der Waals surface area contributed by atoms with Crippen LogP contribution in [0.3, 0.4) is 0 Å². The second-order valence-electron chi connectivity index (χ2n) is 4.42. The lowest BCUT2D eigenvalue weighted by atomic mass is 10.3. The predicted octanol–water partition coefficient (Wildman–Crippen LogP) is -0.122. The number of nitrogen functional groups attached to an aromatic ring is 1. The monoisotopic (exact) mass is 248 g/mol. The smallest absolute Gasteiger partial charge is 0.163 e. The van der Waals surface area contributed by atoms with Gasteiger partial charge in [0.2, 0.25) is 0 Å². The van der Waals surface area contributed by atoms with Crippen molar-refractivity contribution in [2.75, 3.05) is 32.0 Å². The Kier molecular flexibility index (Phi) is 2.85. The first-order chi connectivity index (χ1) is 8.77. The van der Waals surface area contributed by atoms with Crippen molar-refractivity contribution in [3.63, 3.8) is 0 Å². The first-order valence-electron chi connectivity index (χ1n) is 6.01. The van der Waals surface area contributed by atoms with Gasteiger partial charge in [-0.2, -0.15) is 5.10 Å². The molecule has 1 fully saturated rings. The molecule has 3 heterocycles. The molecule has 1 unspecified atom stereocenters. The molecule has 1 aliphatic rings. The van der Waals surface area contributed by atoms with E-state index < -0.39 is 0 Å². The minimum atomic E-state index is 0.137. The Morgan fingerprint density at radius 2 is 2.39 bits per heavy atom. The molecule has 96 valence electrons. The SMILES string of the molecule is Cc1nn(C2CNCCOC2)c2ncnc(N)c12. The van der Waals surface area contributed by atoms with Crippen molar-refractivity contribution in [1.29, 1.82) is 0 Å². The van der Waals surface area contributed by atoms with Gasteiger partial charge >= 0.3 is 0 Å². The largest absolute Gasteiger partial charge is 0.383 e. The Hall–Kier alpha value is -1.73. The Bertz CT molecular complexity index is 558. The van der Waals surface area contributed by atoms with E-state index in [1.807, 2.05) is 11.6 Å². The van der Waals surface area contributed by atoms with E-state index in [1.54, 1.807) is 0 Å². The van der Waals surface area contributed by atoms with Crippen LogP contribution >= 0.6 is 0 Å². The lowest BCUT2D eigenvalue weighted by Gasteiger charge is -2.14. The van der Waals surface area contributed by atoms with Crippen LogP contribution in [0.15, 0.2) is 6.33 Å². The normalized spacial score (nSPS) is 21.1. The van der Waals surface area contributed by atoms with Crippen LogP contribution in [0.2, 0.25) is 0 Å². The standard InChI is InChI=1S/C11H16N6O/c1-7-9-10(12)14-6-15-11(9)17(16-7)8-4-13-2-3-18-5-8/h6,8,13H,2-5H2,1H3,(H2,12,14,15). The number of hydrogen-bond donors (Lipinski definition) is 2. The van der Waals surface area contributed by atoms with E-state index >= 15 is 0 Å². The highest BCUT2D eigenvalue weighted by Gasteiger charge is 2.20. The van der Waals surface area contributed by atoms with Gasteiger partial charge in [-0.1, -0.05) is 0 Å². The summed E-state index contributed by atoms with van der Waals surface area (Å²) in [6, 6.07) is 0.137. The van der Waals surface area contributed by atoms with E-state index in [1.165, 1.54) is 6.33 Å². The molecule has 1 aliphatic heterocycles. The number of rotatable bonds is 1. The molecule has 1 atom stereocenters. The van der Waals surface area contributed by atoms with Crippen molar-refractivity contribution in [1.82, 2.24) is 25.1 Å². The van der Waals surface area contributed by atoms with E-state index in [-0.39, 0.29) is 6.04 Å². The van der Waals surface area contributed by atoms with Gasteiger partial charge < -0.3 is 15.8 Å². The zero-order valence-corrected chi connectivity index (χ0v) is 10.3. The van der Waals surface area contributed by atoms with Crippen LogP contribution in [-0.4, -0.2) is 46.1 Å². The Balaban J connectivity index is 2.08. The van der Waals surface area contributed by atoms with Gasteiger partial charge in [0.05, 0.1) is 30.3 Å². The van der Waals surface area contributed by atoms with Gasteiger partial charge in [0.25, 0.3) is 0 Å². The molecule has 3 rings (SSSR count). The molecule has 3 N–H and O–H groups in total. The molecule has 0 radical (unpaired) electrons. The van der Waals surface area contributed by atoms with Crippen molar-refractivity contribution >= 4 is 16.9 Å². The minimum absolute atomic E-state index is 0.137. The molecule has 0 aliphatic carbocycles. The number of nitrogens with one attached hydrogen (secondary N) is 1. The van der Waals surface area contributed by atoms with E-state index in [0.717, 1.165) is 36.4 Å². The molecule has 2 aromatic rings. The number of nitrogens with zero attached hydrogens (tertiary/aromatic N) is 4. The van der Waals surface area contributed by atoms with E-state index in [4.69, 9.17) is 10.5 Å². The van der Waals surface area contributed by atoms with Crippen LogP contribution in [0.25, 0.3) is 11.0 Å². The number of fused-ring (bicyclic) bond motifs is 1. The lowest BCUT2D eigenvalue weighted by molar-refractivity contribution is 0.123. The summed E-state index contributed by atoms with van der Waals surface area (Å²) in [6.07, 6.45) is 1.47. The molecular weight excluding hydrogens is 232 g/mol. The molecule has 18 heavy (non-hydrogen) atoms. The van der Waals surface area contributed by atoms with Gasteiger partial charge in [0.1, 0.15) is 12.1 Å². The number of aryl methyl sites for hydroxylation is 1. The summed E-state index contributed by atoms with van der Waals surface area (Å²) in [5.41, 5.74) is 7.51. The van der Waals surface area contributed by atoms with Gasteiger partial charge in [-0.15, -0.1) is 0 Å². The topological polar surface area (TPSA) is 90.9 Å². The van der Waals surface area contributed by atoms with Crippen molar-refractivity contribution in [2.45, 2.75) is 13.0 Å². The quantitative estimate of drug-likeness (QED) is 0.731. The molecule has 7 nitrogen and oxygen atoms in total. The van der Waals surface area contributed by atoms with E-state index in [9.17, 15) is 0 Å². The fourth-order valence-electron chi connectivity index (χ4n) is 2.27. The van der Waals surface area contributed by atoms with Crippen LogP contribution < -0.4 is 11.1 Å². The van der Waals surface area contributed by atoms with Crippen molar-refractivity contribution < 1.29 is 4.74 Å². The average molecular weight is 248 g/mol. The first kappa shape index (κ1) is 11.4. The second kappa shape index (κ2) is 4.51. The molecule has 2 aromatic heterocycles. The molecule has 0 bridgehead atoms. The minimum Gasteiger partial charge on any atom is -0.383 e. The molecule has 0 aromatic carbocycles. The highest BCUT2D eigenvalue weighted by atomic mass is 16.5. The summed E-state index contributed by atoms with van der Waals surface area (Å²) in [7, 11) is 0. The van der Waals surface area contributed by atoms with Crippen LogP contribution in [0.4, 0.5) is 5.82 Å². The summed E-state index contributed by atoms with van der Waals surface area (Å²) in [5, 5.41) is 8.69. The third kappa shape index (κ3) is 1.81. The Labute approximate surface area is 104 Å². The lowest BCUT2D eigenvalue weighted by Crippen LogP contribution is -2.26. The Morgan fingerprint density at radius 1 is 1.50 bits per heavy atom. The highest BCUT2D eigenvalue weighted by molar-refractivity contribution is 5.87. The van der Waals surface area contributed by atoms with E-state index in [0.29, 0.717) is 12.4 Å².